The SMILES string of the molecule is CCCn1ncc(OC)c1C(=O)C1(O)CCC(C)CC1. The number of Topliss-reactive ketones (excluding diaryl/α,β-unsaturated/α-hetero) is 1. The largest absolute Gasteiger partial charge is 0.493 e. The van der Waals surface area contributed by atoms with Crippen molar-refractivity contribution < 1.29 is 14.6 Å². The molecule has 112 valence electrons. The van der Waals surface area contributed by atoms with Crippen LogP contribution in [-0.2, 0) is 6.54 Å². The Morgan fingerprint density at radius 3 is 2.75 bits per heavy atom. The van der Waals surface area contributed by atoms with Crippen LogP contribution in [0.3, 0.4) is 0 Å². The van der Waals surface area contributed by atoms with Crippen LogP contribution >= 0.6 is 0 Å². The lowest BCUT2D eigenvalue weighted by atomic mass is 9.76. The van der Waals surface area contributed by atoms with Crippen LogP contribution in [0.4, 0.5) is 0 Å². The van der Waals surface area contributed by atoms with Gasteiger partial charge in [-0.05, 0) is 38.0 Å². The van der Waals surface area contributed by atoms with Gasteiger partial charge in [0.05, 0.1) is 13.3 Å². The van der Waals surface area contributed by atoms with Gasteiger partial charge in [-0.3, -0.25) is 9.48 Å². The zero-order valence-electron chi connectivity index (χ0n) is 12.6. The monoisotopic (exact) mass is 280 g/mol. The predicted octanol–water partition coefficient (Wildman–Crippen LogP) is 2.43. The Morgan fingerprint density at radius 2 is 2.20 bits per heavy atom. The number of carbonyl (C=O) groups is 1. The molecule has 5 nitrogen and oxygen atoms in total. The molecule has 1 aromatic heterocycles. The maximum absolute atomic E-state index is 12.8. The van der Waals surface area contributed by atoms with Gasteiger partial charge in [-0.25, -0.2) is 0 Å². The first-order valence-corrected chi connectivity index (χ1v) is 7.38. The first-order chi connectivity index (χ1) is 9.51. The average molecular weight is 280 g/mol. The number of aliphatic hydroxyl groups is 1. The highest BCUT2D eigenvalue weighted by Crippen LogP contribution is 2.36. The Balaban J connectivity index is 2.30. The van der Waals surface area contributed by atoms with Gasteiger partial charge >= 0.3 is 0 Å². The molecule has 0 atom stereocenters. The van der Waals surface area contributed by atoms with Crippen molar-refractivity contribution in [1.82, 2.24) is 9.78 Å². The number of hydrogen-bond donors (Lipinski definition) is 1. The molecule has 0 amide bonds. The van der Waals surface area contributed by atoms with Gasteiger partial charge in [-0.2, -0.15) is 5.10 Å². The van der Waals surface area contributed by atoms with E-state index in [0.717, 1.165) is 19.3 Å². The van der Waals surface area contributed by atoms with E-state index in [1.54, 1.807) is 10.9 Å². The third kappa shape index (κ3) is 2.73. The Labute approximate surface area is 119 Å². The van der Waals surface area contributed by atoms with Crippen molar-refractivity contribution in [3.63, 3.8) is 0 Å². The Kier molecular flexibility index (Phi) is 4.48. The number of methoxy groups -OCH3 is 1. The number of ether oxygens (including phenoxy) is 1. The number of carbonyl (C=O) groups excluding carboxylic acids is 1. The van der Waals surface area contributed by atoms with Gasteiger partial charge in [0.2, 0.25) is 5.78 Å². The third-order valence-electron chi connectivity index (χ3n) is 4.20. The fourth-order valence-corrected chi connectivity index (χ4v) is 2.82. The van der Waals surface area contributed by atoms with Crippen molar-refractivity contribution >= 4 is 5.78 Å². The highest BCUT2D eigenvalue weighted by atomic mass is 16.5. The molecule has 0 aliphatic heterocycles. The van der Waals surface area contributed by atoms with E-state index in [4.69, 9.17) is 4.74 Å². The number of rotatable bonds is 5. The number of hydrogen-bond acceptors (Lipinski definition) is 4. The minimum atomic E-state index is -1.26. The van der Waals surface area contributed by atoms with Crippen LogP contribution in [0, 0.1) is 5.92 Å². The molecular weight excluding hydrogens is 256 g/mol. The fourth-order valence-electron chi connectivity index (χ4n) is 2.82. The lowest BCUT2D eigenvalue weighted by Crippen LogP contribution is -2.43. The average Bonchev–Trinajstić information content (AvgIpc) is 2.84. The number of ketones is 1. The fraction of sp³-hybridized carbons (Fsp3) is 0.733. The van der Waals surface area contributed by atoms with Gasteiger partial charge in [0, 0.05) is 6.54 Å². The minimum absolute atomic E-state index is 0.243. The van der Waals surface area contributed by atoms with E-state index in [1.165, 1.54) is 7.11 Å². The summed E-state index contributed by atoms with van der Waals surface area (Å²) in [6, 6.07) is 0. The smallest absolute Gasteiger partial charge is 0.216 e. The van der Waals surface area contributed by atoms with E-state index in [9.17, 15) is 9.90 Å². The summed E-state index contributed by atoms with van der Waals surface area (Å²) in [6.07, 6.45) is 5.23. The van der Waals surface area contributed by atoms with E-state index in [2.05, 4.69) is 12.0 Å². The van der Waals surface area contributed by atoms with E-state index in [0.29, 0.717) is 36.7 Å². The summed E-state index contributed by atoms with van der Waals surface area (Å²) in [7, 11) is 1.52. The van der Waals surface area contributed by atoms with Crippen LogP contribution < -0.4 is 4.74 Å². The van der Waals surface area contributed by atoms with E-state index in [-0.39, 0.29) is 5.78 Å². The molecule has 1 aromatic rings. The van der Waals surface area contributed by atoms with Gasteiger partial charge in [-0.1, -0.05) is 13.8 Å². The molecule has 1 heterocycles. The summed E-state index contributed by atoms with van der Waals surface area (Å²) < 4.78 is 6.89. The van der Waals surface area contributed by atoms with Gasteiger partial charge in [0.1, 0.15) is 11.3 Å². The van der Waals surface area contributed by atoms with Crippen molar-refractivity contribution in [3.8, 4) is 5.75 Å². The molecular formula is C15H24N2O3. The summed E-state index contributed by atoms with van der Waals surface area (Å²) in [5, 5.41) is 14.9. The second kappa shape index (κ2) is 5.95. The first-order valence-electron chi connectivity index (χ1n) is 7.38. The molecule has 1 aliphatic carbocycles. The topological polar surface area (TPSA) is 64.4 Å². The van der Waals surface area contributed by atoms with Crippen LogP contribution in [-0.4, -0.2) is 33.4 Å². The van der Waals surface area contributed by atoms with Crippen LogP contribution in [0.25, 0.3) is 0 Å². The maximum Gasteiger partial charge on any atom is 0.216 e. The summed E-state index contributed by atoms with van der Waals surface area (Å²) in [5.41, 5.74) is -0.850. The zero-order chi connectivity index (χ0) is 14.8. The van der Waals surface area contributed by atoms with Crippen LogP contribution in [0.15, 0.2) is 6.20 Å². The molecule has 1 aliphatic rings. The molecule has 0 radical (unpaired) electrons. The summed E-state index contributed by atoms with van der Waals surface area (Å²) in [6.45, 7) is 4.84. The van der Waals surface area contributed by atoms with E-state index < -0.39 is 5.60 Å². The first kappa shape index (κ1) is 15.0. The van der Waals surface area contributed by atoms with Crippen molar-refractivity contribution in [1.29, 1.82) is 0 Å². The summed E-state index contributed by atoms with van der Waals surface area (Å²) in [5.74, 6) is 0.785. The lowest BCUT2D eigenvalue weighted by molar-refractivity contribution is 0.00312. The molecule has 0 spiro atoms. The lowest BCUT2D eigenvalue weighted by Gasteiger charge is -2.33. The van der Waals surface area contributed by atoms with Crippen LogP contribution in [0.2, 0.25) is 0 Å². The molecule has 20 heavy (non-hydrogen) atoms. The molecule has 2 rings (SSSR count). The van der Waals surface area contributed by atoms with E-state index >= 15 is 0 Å². The summed E-state index contributed by atoms with van der Waals surface area (Å²) >= 11 is 0. The summed E-state index contributed by atoms with van der Waals surface area (Å²) in [4.78, 5) is 12.8. The second-order valence-electron chi connectivity index (χ2n) is 5.83. The second-order valence-corrected chi connectivity index (χ2v) is 5.83. The molecule has 5 heteroatoms. The normalized spacial score (nSPS) is 26.5. The van der Waals surface area contributed by atoms with Crippen molar-refractivity contribution in [2.75, 3.05) is 7.11 Å². The highest BCUT2D eigenvalue weighted by Gasteiger charge is 2.42. The Bertz CT molecular complexity index is 473. The molecule has 1 N–H and O–H groups in total. The highest BCUT2D eigenvalue weighted by molar-refractivity contribution is 6.03. The minimum Gasteiger partial charge on any atom is -0.493 e. The third-order valence-corrected chi connectivity index (χ3v) is 4.20. The van der Waals surface area contributed by atoms with Gasteiger partial charge < -0.3 is 9.84 Å². The molecule has 0 unspecified atom stereocenters. The van der Waals surface area contributed by atoms with Crippen molar-refractivity contribution in [3.05, 3.63) is 11.9 Å². The Morgan fingerprint density at radius 1 is 1.55 bits per heavy atom. The predicted molar refractivity (Wildman–Crippen MR) is 76.0 cm³/mol. The quantitative estimate of drug-likeness (QED) is 0.841. The number of aromatic nitrogens is 2. The van der Waals surface area contributed by atoms with Crippen molar-refractivity contribution in [2.24, 2.45) is 5.92 Å². The van der Waals surface area contributed by atoms with Crippen LogP contribution in [0.1, 0.15) is 56.4 Å². The van der Waals surface area contributed by atoms with Gasteiger partial charge in [0.25, 0.3) is 0 Å². The number of nitrogens with zero attached hydrogens (tertiary/aromatic N) is 2. The molecule has 0 aromatic carbocycles. The van der Waals surface area contributed by atoms with E-state index in [1.807, 2.05) is 6.92 Å². The Hall–Kier alpha value is -1.36. The molecule has 0 bridgehead atoms. The number of aryl methyl sites for hydroxylation is 1. The standard InChI is InChI=1S/C15H24N2O3/c1-4-9-17-13(12(20-3)10-16-17)14(18)15(19)7-5-11(2)6-8-15/h10-11,19H,4-9H2,1-3H3. The van der Waals surface area contributed by atoms with Crippen molar-refractivity contribution in [2.45, 2.75) is 58.1 Å². The molecule has 1 saturated carbocycles. The molecule has 1 fully saturated rings. The molecule has 0 saturated heterocycles. The zero-order valence-corrected chi connectivity index (χ0v) is 12.6. The van der Waals surface area contributed by atoms with Gasteiger partial charge in [0.15, 0.2) is 5.75 Å². The van der Waals surface area contributed by atoms with Crippen LogP contribution in [0.5, 0.6) is 5.75 Å². The maximum atomic E-state index is 12.8. The van der Waals surface area contributed by atoms with Gasteiger partial charge in [-0.15, -0.1) is 0 Å².